The van der Waals surface area contributed by atoms with E-state index in [1.807, 2.05) is 37.2 Å². The molecule has 0 bridgehead atoms. The van der Waals surface area contributed by atoms with Gasteiger partial charge < -0.3 is 19.9 Å². The molecule has 0 aromatic heterocycles. The Morgan fingerprint density at radius 3 is 2.58 bits per heavy atom. The summed E-state index contributed by atoms with van der Waals surface area (Å²) in [6, 6.07) is 10.3. The number of rotatable bonds is 9. The number of nitrogens with zero attached hydrogens (tertiary/aromatic N) is 2. The van der Waals surface area contributed by atoms with Crippen LogP contribution in [0.4, 0.5) is 0 Å². The average Bonchev–Trinajstić information content (AvgIpc) is 2.60. The van der Waals surface area contributed by atoms with Gasteiger partial charge in [0, 0.05) is 13.1 Å². The summed E-state index contributed by atoms with van der Waals surface area (Å²) in [5.74, 6) is -0.0420. The van der Waals surface area contributed by atoms with Gasteiger partial charge in [0.05, 0.1) is 12.6 Å². The number of hydrogen-bond acceptors (Lipinski definition) is 4. The van der Waals surface area contributed by atoms with Gasteiger partial charge >= 0.3 is 0 Å². The number of nitrogens with one attached hydrogen (secondary N) is 1. The highest BCUT2D eigenvalue weighted by Gasteiger charge is 2.19. The molecule has 1 aliphatic rings. The summed E-state index contributed by atoms with van der Waals surface area (Å²) in [5.41, 5.74) is 1.16. The topological polar surface area (TPSA) is 44.8 Å². The molecule has 5 heteroatoms. The normalized spacial score (nSPS) is 17.0. The Kier molecular flexibility index (Phi) is 8.22. The second-order valence-electron chi connectivity index (χ2n) is 6.75. The third-order valence-corrected chi connectivity index (χ3v) is 4.34. The van der Waals surface area contributed by atoms with Crippen LogP contribution in [0, 0.1) is 0 Å². The average molecular weight is 333 g/mol. The van der Waals surface area contributed by atoms with Crippen molar-refractivity contribution in [3.05, 3.63) is 35.9 Å². The Hall–Kier alpha value is -1.43. The van der Waals surface area contributed by atoms with Crippen LogP contribution in [-0.2, 0) is 9.53 Å². The molecular weight excluding hydrogens is 302 g/mol. The Morgan fingerprint density at radius 2 is 1.92 bits per heavy atom. The van der Waals surface area contributed by atoms with E-state index in [1.165, 1.54) is 19.3 Å². The number of benzene rings is 1. The highest BCUT2D eigenvalue weighted by molar-refractivity contribution is 5.77. The van der Waals surface area contributed by atoms with Gasteiger partial charge in [-0.25, -0.2) is 0 Å². The van der Waals surface area contributed by atoms with Crippen LogP contribution in [-0.4, -0.2) is 69.2 Å². The molecular formula is C19H31N3O2. The zero-order valence-electron chi connectivity index (χ0n) is 15.0. The molecule has 1 aliphatic heterocycles. The minimum Gasteiger partial charge on any atom is -0.370 e. The smallest absolute Gasteiger partial charge is 0.246 e. The highest BCUT2D eigenvalue weighted by Crippen LogP contribution is 2.17. The van der Waals surface area contributed by atoms with Crippen LogP contribution in [0.5, 0.6) is 0 Å². The van der Waals surface area contributed by atoms with Gasteiger partial charge in [0.1, 0.15) is 6.61 Å². The van der Waals surface area contributed by atoms with E-state index in [1.54, 1.807) is 0 Å². The highest BCUT2D eigenvalue weighted by atomic mass is 16.5. The van der Waals surface area contributed by atoms with E-state index in [0.717, 1.165) is 31.7 Å². The molecule has 24 heavy (non-hydrogen) atoms. The molecule has 1 aromatic rings. The fourth-order valence-electron chi connectivity index (χ4n) is 2.97. The van der Waals surface area contributed by atoms with Crippen LogP contribution in [0.15, 0.2) is 30.3 Å². The van der Waals surface area contributed by atoms with E-state index in [9.17, 15) is 4.79 Å². The van der Waals surface area contributed by atoms with E-state index in [0.29, 0.717) is 6.61 Å². The van der Waals surface area contributed by atoms with Crippen LogP contribution in [0.3, 0.4) is 0 Å². The van der Waals surface area contributed by atoms with Crippen molar-refractivity contribution in [2.45, 2.75) is 25.3 Å². The summed E-state index contributed by atoms with van der Waals surface area (Å²) in [6.45, 7) is 4.63. The van der Waals surface area contributed by atoms with Crippen molar-refractivity contribution in [1.82, 2.24) is 15.1 Å². The summed E-state index contributed by atoms with van der Waals surface area (Å²) in [6.07, 6.45) is 3.82. The number of hydrogen-bond donors (Lipinski definition) is 1. The minimum absolute atomic E-state index is 0.0225. The maximum absolute atomic E-state index is 12.2. The lowest BCUT2D eigenvalue weighted by atomic mass is 10.0. The molecule has 0 aliphatic carbocycles. The fraction of sp³-hybridized carbons (Fsp3) is 0.632. The fourth-order valence-corrected chi connectivity index (χ4v) is 2.97. The van der Waals surface area contributed by atoms with Gasteiger partial charge in [-0.2, -0.15) is 0 Å². The van der Waals surface area contributed by atoms with Crippen molar-refractivity contribution in [2.24, 2.45) is 0 Å². The maximum atomic E-state index is 12.2. The lowest BCUT2D eigenvalue weighted by Crippen LogP contribution is -2.41. The zero-order valence-corrected chi connectivity index (χ0v) is 15.0. The van der Waals surface area contributed by atoms with Crippen molar-refractivity contribution in [2.75, 3.05) is 53.5 Å². The molecule has 2 rings (SSSR count). The molecule has 1 atom stereocenters. The molecule has 1 heterocycles. The summed E-state index contributed by atoms with van der Waals surface area (Å²) in [7, 11) is 3.99. The number of piperidine rings is 1. The molecule has 0 radical (unpaired) electrons. The van der Waals surface area contributed by atoms with Gasteiger partial charge in [-0.3, -0.25) is 4.79 Å². The summed E-state index contributed by atoms with van der Waals surface area (Å²) in [5, 5.41) is 3.15. The molecule has 1 amide bonds. The minimum atomic E-state index is -0.0420. The van der Waals surface area contributed by atoms with E-state index in [2.05, 4.69) is 22.3 Å². The number of likely N-dealkylation sites (N-methyl/N-ethyl adjacent to an activating group) is 1. The Balaban J connectivity index is 1.86. The van der Waals surface area contributed by atoms with Crippen molar-refractivity contribution in [3.8, 4) is 0 Å². The van der Waals surface area contributed by atoms with Crippen molar-refractivity contribution in [3.63, 3.8) is 0 Å². The lowest BCUT2D eigenvalue weighted by molar-refractivity contribution is -0.126. The second-order valence-corrected chi connectivity index (χ2v) is 6.75. The Bertz CT molecular complexity index is 473. The first-order valence-corrected chi connectivity index (χ1v) is 8.94. The van der Waals surface area contributed by atoms with Crippen LogP contribution < -0.4 is 5.32 Å². The van der Waals surface area contributed by atoms with Gasteiger partial charge in [-0.15, -0.1) is 0 Å². The van der Waals surface area contributed by atoms with E-state index >= 15 is 0 Å². The third-order valence-electron chi connectivity index (χ3n) is 4.34. The maximum Gasteiger partial charge on any atom is 0.246 e. The third kappa shape index (κ3) is 6.99. The quantitative estimate of drug-likeness (QED) is 0.701. The monoisotopic (exact) mass is 333 g/mol. The number of ether oxygens (including phenoxy) is 1. The summed E-state index contributed by atoms with van der Waals surface area (Å²) < 4.78 is 5.47. The molecule has 1 fully saturated rings. The van der Waals surface area contributed by atoms with Gasteiger partial charge in [-0.05, 0) is 45.6 Å². The van der Waals surface area contributed by atoms with E-state index in [-0.39, 0.29) is 18.6 Å². The molecule has 1 N–H and O–H groups in total. The van der Waals surface area contributed by atoms with Crippen LogP contribution >= 0.6 is 0 Å². The first-order chi connectivity index (χ1) is 11.6. The summed E-state index contributed by atoms with van der Waals surface area (Å²) in [4.78, 5) is 16.7. The molecule has 1 aromatic carbocycles. The van der Waals surface area contributed by atoms with Gasteiger partial charge in [0.15, 0.2) is 0 Å². The Labute approximate surface area is 146 Å². The first-order valence-electron chi connectivity index (χ1n) is 8.94. The molecule has 1 saturated heterocycles. The predicted octanol–water partition coefficient (Wildman–Crippen LogP) is 1.91. The van der Waals surface area contributed by atoms with Crippen molar-refractivity contribution in [1.29, 1.82) is 0 Å². The number of amides is 1. The molecule has 0 saturated carbocycles. The van der Waals surface area contributed by atoms with Crippen LogP contribution in [0.25, 0.3) is 0 Å². The van der Waals surface area contributed by atoms with Gasteiger partial charge in [-0.1, -0.05) is 36.8 Å². The first kappa shape index (κ1) is 18.9. The molecule has 5 nitrogen and oxygen atoms in total. The zero-order chi connectivity index (χ0) is 17.2. The number of likely N-dealkylation sites (tertiary alicyclic amines) is 1. The van der Waals surface area contributed by atoms with Crippen molar-refractivity contribution < 1.29 is 9.53 Å². The Morgan fingerprint density at radius 1 is 1.21 bits per heavy atom. The molecule has 0 spiro atoms. The second kappa shape index (κ2) is 10.4. The van der Waals surface area contributed by atoms with Crippen LogP contribution in [0.2, 0.25) is 0 Å². The SMILES string of the molecule is CN(C)CCOCC(=O)N[C@@H](CN1CCCCC1)c1ccccc1. The van der Waals surface area contributed by atoms with E-state index < -0.39 is 0 Å². The molecule has 134 valence electrons. The standard InChI is InChI=1S/C19H31N3O2/c1-21(2)13-14-24-16-19(23)20-18(17-9-5-3-6-10-17)15-22-11-7-4-8-12-22/h3,5-6,9-10,18H,4,7-8,11-16H2,1-2H3,(H,20,23)/t18-/m0/s1. The van der Waals surface area contributed by atoms with Gasteiger partial charge in [0.2, 0.25) is 5.91 Å². The summed E-state index contributed by atoms with van der Waals surface area (Å²) >= 11 is 0. The van der Waals surface area contributed by atoms with Crippen molar-refractivity contribution >= 4 is 5.91 Å². The van der Waals surface area contributed by atoms with E-state index in [4.69, 9.17) is 4.74 Å². The number of carbonyl (C=O) groups is 1. The number of carbonyl (C=O) groups excluding carboxylic acids is 1. The largest absolute Gasteiger partial charge is 0.370 e. The van der Waals surface area contributed by atoms with Gasteiger partial charge in [0.25, 0.3) is 0 Å². The molecule has 0 unspecified atom stereocenters. The lowest BCUT2D eigenvalue weighted by Gasteiger charge is -2.31. The van der Waals surface area contributed by atoms with Crippen LogP contribution in [0.1, 0.15) is 30.9 Å². The predicted molar refractivity (Wildman–Crippen MR) is 97.0 cm³/mol.